The van der Waals surface area contributed by atoms with Gasteiger partial charge in [-0.2, -0.15) is 0 Å². The van der Waals surface area contributed by atoms with E-state index in [1.54, 1.807) is 30.5 Å². The number of fused-ring (bicyclic) bond motifs is 1. The second-order valence-corrected chi connectivity index (χ2v) is 9.97. The fraction of sp³-hybridized carbons (Fsp3) is 0.290. The van der Waals surface area contributed by atoms with Gasteiger partial charge < -0.3 is 9.47 Å². The fourth-order valence-electron chi connectivity index (χ4n) is 5.74. The molecule has 2 aromatic rings. The van der Waals surface area contributed by atoms with Crippen LogP contribution in [0, 0.1) is 6.92 Å². The number of Topliss-reactive ketones (excluding diaryl/α,β-unsaturated/α-hetero) is 2. The van der Waals surface area contributed by atoms with E-state index in [1.807, 2.05) is 17.1 Å². The quantitative estimate of drug-likeness (QED) is 0.549. The molecule has 0 saturated carbocycles. The summed E-state index contributed by atoms with van der Waals surface area (Å²) in [5, 5.41) is 0. The van der Waals surface area contributed by atoms with E-state index >= 15 is 0 Å². The molecule has 1 saturated heterocycles. The van der Waals surface area contributed by atoms with E-state index in [2.05, 4.69) is 42.2 Å². The van der Waals surface area contributed by atoms with Crippen LogP contribution in [-0.4, -0.2) is 53.1 Å². The lowest BCUT2D eigenvalue weighted by molar-refractivity contribution is 0.0211. The highest BCUT2D eigenvalue weighted by Crippen LogP contribution is 2.43. The lowest BCUT2D eigenvalue weighted by Gasteiger charge is -2.44. The summed E-state index contributed by atoms with van der Waals surface area (Å²) < 4.78 is 12.1. The minimum absolute atomic E-state index is 0.242. The van der Waals surface area contributed by atoms with Crippen LogP contribution < -0.4 is 0 Å². The van der Waals surface area contributed by atoms with Gasteiger partial charge in [0.05, 0.1) is 0 Å². The number of carbonyl (C=O) groups is 2. The summed E-state index contributed by atoms with van der Waals surface area (Å²) >= 11 is 0. The monoisotopic (exact) mass is 494 g/mol. The summed E-state index contributed by atoms with van der Waals surface area (Å²) in [5.41, 5.74) is 2.86. The van der Waals surface area contributed by atoms with Crippen LogP contribution in [0.2, 0.25) is 0 Å². The minimum atomic E-state index is -1.57. The Morgan fingerprint density at radius 3 is 2.27 bits per heavy atom. The van der Waals surface area contributed by atoms with Crippen LogP contribution in [0.15, 0.2) is 96.4 Å². The highest BCUT2D eigenvalue weighted by molar-refractivity contribution is 6.34. The average molecular weight is 495 g/mol. The van der Waals surface area contributed by atoms with E-state index in [0.29, 0.717) is 30.0 Å². The highest BCUT2D eigenvalue weighted by Gasteiger charge is 2.61. The van der Waals surface area contributed by atoms with Crippen LogP contribution in [0.1, 0.15) is 44.7 Å². The molecular formula is C31H30N2O4. The third-order valence-corrected chi connectivity index (χ3v) is 7.83. The van der Waals surface area contributed by atoms with Crippen molar-refractivity contribution in [3.63, 3.8) is 0 Å². The molecule has 6 heteroatoms. The third-order valence-electron chi connectivity index (χ3n) is 7.83. The molecule has 2 aliphatic heterocycles. The first-order chi connectivity index (χ1) is 18.1. The van der Waals surface area contributed by atoms with Crippen molar-refractivity contribution in [3.8, 4) is 0 Å². The normalized spacial score (nSPS) is 21.5. The van der Waals surface area contributed by atoms with E-state index in [0.717, 1.165) is 38.0 Å². The Hall–Kier alpha value is -3.74. The molecule has 4 aliphatic rings. The molecule has 6 nitrogen and oxygen atoms in total. The summed E-state index contributed by atoms with van der Waals surface area (Å²) in [6.45, 7) is 5.56. The largest absolute Gasteiger partial charge is 0.465 e. The topological polar surface area (TPSA) is 59.1 Å². The van der Waals surface area contributed by atoms with Crippen molar-refractivity contribution in [1.82, 2.24) is 9.80 Å². The van der Waals surface area contributed by atoms with Gasteiger partial charge in [0.15, 0.2) is 23.1 Å². The van der Waals surface area contributed by atoms with Crippen LogP contribution in [0.4, 0.5) is 0 Å². The first-order valence-electron chi connectivity index (χ1n) is 12.9. The Balaban J connectivity index is 1.31. The summed E-state index contributed by atoms with van der Waals surface area (Å²) in [6.07, 6.45) is 10.8. The van der Waals surface area contributed by atoms with Gasteiger partial charge >= 0.3 is 0 Å². The molecule has 2 aromatic carbocycles. The van der Waals surface area contributed by atoms with Crippen LogP contribution in [-0.2, 0) is 16.0 Å². The predicted molar refractivity (Wildman–Crippen MR) is 141 cm³/mol. The zero-order valence-corrected chi connectivity index (χ0v) is 21.0. The maximum atomic E-state index is 14.1. The lowest BCUT2D eigenvalue weighted by Crippen LogP contribution is -2.63. The summed E-state index contributed by atoms with van der Waals surface area (Å²) in [7, 11) is 0. The first kappa shape index (κ1) is 23.6. The molecule has 0 aromatic heterocycles. The summed E-state index contributed by atoms with van der Waals surface area (Å²) in [6, 6.07) is 15.5. The number of carbonyl (C=O) groups excluding carboxylic acids is 2. The second kappa shape index (κ2) is 9.61. The van der Waals surface area contributed by atoms with E-state index < -0.39 is 5.54 Å². The lowest BCUT2D eigenvalue weighted by atomic mass is 9.87. The van der Waals surface area contributed by atoms with Crippen LogP contribution in [0.25, 0.3) is 0 Å². The van der Waals surface area contributed by atoms with Gasteiger partial charge in [0.1, 0.15) is 12.5 Å². The van der Waals surface area contributed by atoms with Gasteiger partial charge in [-0.15, -0.1) is 0 Å². The zero-order chi connectivity index (χ0) is 25.4. The van der Waals surface area contributed by atoms with Crippen molar-refractivity contribution in [1.29, 1.82) is 0 Å². The Morgan fingerprint density at radius 2 is 1.59 bits per heavy atom. The number of aryl methyl sites for hydroxylation is 1. The standard InChI is InChI=1S/C31H30N2O4/c1-22-9-5-6-12-24(22)19-32-15-17-33(18-16-32)31(29(34)25-13-7-8-14-26(25)30(31)35)28-21-36-20-27(37-28)23-10-3-2-4-11-23/h2-3,5-10,12-14,20-21H,4,11,15-19H2,1H3. The minimum Gasteiger partial charge on any atom is -0.465 e. The molecule has 0 spiro atoms. The Morgan fingerprint density at radius 1 is 0.892 bits per heavy atom. The number of nitrogens with zero attached hydrogens (tertiary/aromatic N) is 2. The second-order valence-electron chi connectivity index (χ2n) is 9.97. The van der Waals surface area contributed by atoms with Gasteiger partial charge in [-0.3, -0.25) is 19.4 Å². The summed E-state index contributed by atoms with van der Waals surface area (Å²) in [5.74, 6) is 0.318. The molecule has 0 amide bonds. The van der Waals surface area contributed by atoms with Crippen molar-refractivity contribution in [2.75, 3.05) is 26.2 Å². The molecule has 37 heavy (non-hydrogen) atoms. The fourth-order valence-corrected chi connectivity index (χ4v) is 5.74. The number of rotatable bonds is 5. The Kier molecular flexibility index (Phi) is 6.14. The molecular weight excluding hydrogens is 464 g/mol. The molecule has 1 fully saturated rings. The van der Waals surface area contributed by atoms with Crippen molar-refractivity contribution >= 4 is 11.6 Å². The number of ether oxygens (including phenoxy) is 2. The van der Waals surface area contributed by atoms with Crippen LogP contribution in [0.3, 0.4) is 0 Å². The molecule has 2 heterocycles. The average Bonchev–Trinajstić information content (AvgIpc) is 3.18. The first-order valence-corrected chi connectivity index (χ1v) is 12.9. The molecule has 0 radical (unpaired) electrons. The predicted octanol–water partition coefficient (Wildman–Crippen LogP) is 4.94. The SMILES string of the molecule is Cc1ccccc1CN1CCN(C2(C3=COC=C(C4=CC=CCC4)O3)C(=O)c3ccccc3C2=O)CC1. The third kappa shape index (κ3) is 3.97. The number of allylic oxidation sites excluding steroid dienone is 4. The van der Waals surface area contributed by atoms with Gasteiger partial charge in [0, 0.05) is 43.9 Å². The number of piperazine rings is 1. The highest BCUT2D eigenvalue weighted by atomic mass is 16.5. The van der Waals surface area contributed by atoms with Gasteiger partial charge in [0.2, 0.25) is 5.54 Å². The van der Waals surface area contributed by atoms with Gasteiger partial charge in [-0.05, 0) is 36.5 Å². The van der Waals surface area contributed by atoms with E-state index in [4.69, 9.17) is 9.47 Å². The molecule has 6 rings (SSSR count). The number of ketones is 2. The molecule has 188 valence electrons. The molecule has 0 bridgehead atoms. The zero-order valence-electron chi connectivity index (χ0n) is 21.0. The Bertz CT molecular complexity index is 1340. The summed E-state index contributed by atoms with van der Waals surface area (Å²) in [4.78, 5) is 32.6. The van der Waals surface area contributed by atoms with Crippen LogP contribution >= 0.6 is 0 Å². The molecule has 0 unspecified atom stereocenters. The van der Waals surface area contributed by atoms with Crippen molar-refractivity contribution in [2.45, 2.75) is 31.8 Å². The molecule has 0 N–H and O–H groups in total. The van der Waals surface area contributed by atoms with Gasteiger partial charge in [0.25, 0.3) is 0 Å². The van der Waals surface area contributed by atoms with E-state index in [9.17, 15) is 9.59 Å². The van der Waals surface area contributed by atoms with E-state index in [-0.39, 0.29) is 17.3 Å². The molecule has 2 aliphatic carbocycles. The Labute approximate surface area is 217 Å². The van der Waals surface area contributed by atoms with Crippen molar-refractivity contribution in [3.05, 3.63) is 119 Å². The van der Waals surface area contributed by atoms with Crippen LogP contribution in [0.5, 0.6) is 0 Å². The number of hydrogen-bond acceptors (Lipinski definition) is 6. The smallest absolute Gasteiger partial charge is 0.210 e. The van der Waals surface area contributed by atoms with Crippen molar-refractivity contribution in [2.24, 2.45) is 0 Å². The maximum Gasteiger partial charge on any atom is 0.210 e. The molecule has 0 atom stereocenters. The number of benzene rings is 2. The van der Waals surface area contributed by atoms with Gasteiger partial charge in [-0.25, -0.2) is 0 Å². The van der Waals surface area contributed by atoms with E-state index in [1.165, 1.54) is 17.4 Å². The number of hydrogen-bond donors (Lipinski definition) is 0. The van der Waals surface area contributed by atoms with Gasteiger partial charge in [-0.1, -0.05) is 66.8 Å². The van der Waals surface area contributed by atoms with Crippen molar-refractivity contribution < 1.29 is 19.1 Å². The maximum absolute atomic E-state index is 14.1.